The lowest BCUT2D eigenvalue weighted by Gasteiger charge is -2.11. The molecule has 0 atom stereocenters. The van der Waals surface area contributed by atoms with E-state index in [1.165, 1.54) is 11.1 Å². The third-order valence-electron chi connectivity index (χ3n) is 3.46. The molecular formula is C17H22N2O2. The standard InChI is InChI=1S/C17H22N2O2/c1-12(2)19-17(16(21-4)11-18-19)15(20)9-8-14-7-5-6-13(3)10-14/h5-7,10-12H,8-9H2,1-4H3. The van der Waals surface area contributed by atoms with Crippen LogP contribution in [0.1, 0.15) is 47.9 Å². The van der Waals surface area contributed by atoms with E-state index in [1.807, 2.05) is 19.9 Å². The van der Waals surface area contributed by atoms with Gasteiger partial charge in [0.25, 0.3) is 0 Å². The number of nitrogens with zero attached hydrogens (tertiary/aromatic N) is 2. The van der Waals surface area contributed by atoms with Crippen LogP contribution < -0.4 is 4.74 Å². The fourth-order valence-electron chi connectivity index (χ4n) is 2.40. The number of ketones is 1. The van der Waals surface area contributed by atoms with Crippen molar-refractivity contribution in [2.45, 2.75) is 39.7 Å². The fourth-order valence-corrected chi connectivity index (χ4v) is 2.40. The van der Waals surface area contributed by atoms with Crippen molar-refractivity contribution < 1.29 is 9.53 Å². The molecule has 21 heavy (non-hydrogen) atoms. The Hall–Kier alpha value is -2.10. The number of benzene rings is 1. The van der Waals surface area contributed by atoms with Crippen LogP contribution in [-0.2, 0) is 6.42 Å². The van der Waals surface area contributed by atoms with E-state index in [0.29, 0.717) is 17.9 Å². The highest BCUT2D eigenvalue weighted by atomic mass is 16.5. The number of carbonyl (C=O) groups is 1. The number of hydrogen-bond donors (Lipinski definition) is 0. The third-order valence-corrected chi connectivity index (χ3v) is 3.46. The zero-order valence-corrected chi connectivity index (χ0v) is 13.1. The monoisotopic (exact) mass is 286 g/mol. The second-order valence-corrected chi connectivity index (χ2v) is 5.51. The van der Waals surface area contributed by atoms with Crippen molar-refractivity contribution in [2.75, 3.05) is 7.11 Å². The van der Waals surface area contributed by atoms with Crippen LogP contribution in [0.4, 0.5) is 0 Å². The molecule has 0 fully saturated rings. The second-order valence-electron chi connectivity index (χ2n) is 5.51. The van der Waals surface area contributed by atoms with Crippen LogP contribution in [0, 0.1) is 6.92 Å². The first-order valence-electron chi connectivity index (χ1n) is 7.23. The van der Waals surface area contributed by atoms with Crippen molar-refractivity contribution in [2.24, 2.45) is 0 Å². The lowest BCUT2D eigenvalue weighted by molar-refractivity contribution is 0.0967. The van der Waals surface area contributed by atoms with E-state index >= 15 is 0 Å². The maximum Gasteiger partial charge on any atom is 0.185 e. The normalized spacial score (nSPS) is 10.9. The molecule has 4 nitrogen and oxygen atoms in total. The summed E-state index contributed by atoms with van der Waals surface area (Å²) in [5, 5.41) is 4.25. The van der Waals surface area contributed by atoms with Crippen LogP contribution in [0.3, 0.4) is 0 Å². The highest BCUT2D eigenvalue weighted by Crippen LogP contribution is 2.23. The molecule has 112 valence electrons. The quantitative estimate of drug-likeness (QED) is 0.762. The number of rotatable bonds is 6. The van der Waals surface area contributed by atoms with E-state index in [0.717, 1.165) is 6.42 Å². The van der Waals surface area contributed by atoms with E-state index in [-0.39, 0.29) is 11.8 Å². The zero-order chi connectivity index (χ0) is 15.4. The Morgan fingerprint density at radius 1 is 1.38 bits per heavy atom. The molecule has 0 aliphatic heterocycles. The molecule has 0 saturated heterocycles. The Morgan fingerprint density at radius 3 is 2.76 bits per heavy atom. The molecule has 4 heteroatoms. The smallest absolute Gasteiger partial charge is 0.185 e. The molecule has 1 aromatic carbocycles. The van der Waals surface area contributed by atoms with Gasteiger partial charge in [-0.3, -0.25) is 9.48 Å². The van der Waals surface area contributed by atoms with Crippen molar-refractivity contribution in [1.82, 2.24) is 9.78 Å². The van der Waals surface area contributed by atoms with E-state index in [9.17, 15) is 4.79 Å². The third kappa shape index (κ3) is 3.51. The van der Waals surface area contributed by atoms with Crippen LogP contribution >= 0.6 is 0 Å². The Balaban J connectivity index is 2.15. The van der Waals surface area contributed by atoms with Gasteiger partial charge < -0.3 is 4.74 Å². The van der Waals surface area contributed by atoms with E-state index < -0.39 is 0 Å². The van der Waals surface area contributed by atoms with E-state index in [1.54, 1.807) is 18.0 Å². The summed E-state index contributed by atoms with van der Waals surface area (Å²) < 4.78 is 7.00. The Labute approximate surface area is 125 Å². The van der Waals surface area contributed by atoms with Crippen molar-refractivity contribution in [3.8, 4) is 5.75 Å². The molecule has 0 aliphatic carbocycles. The molecule has 2 rings (SSSR count). The zero-order valence-electron chi connectivity index (χ0n) is 13.1. The minimum Gasteiger partial charge on any atom is -0.493 e. The van der Waals surface area contributed by atoms with Crippen molar-refractivity contribution in [3.05, 3.63) is 47.3 Å². The highest BCUT2D eigenvalue weighted by Gasteiger charge is 2.20. The summed E-state index contributed by atoms with van der Waals surface area (Å²) in [6, 6.07) is 8.38. The first-order valence-corrected chi connectivity index (χ1v) is 7.23. The maximum absolute atomic E-state index is 12.5. The molecule has 0 radical (unpaired) electrons. The summed E-state index contributed by atoms with van der Waals surface area (Å²) in [4.78, 5) is 12.5. The maximum atomic E-state index is 12.5. The highest BCUT2D eigenvalue weighted by molar-refractivity contribution is 5.97. The Kier molecular flexibility index (Phi) is 4.78. The first-order chi connectivity index (χ1) is 10.0. The van der Waals surface area contributed by atoms with Gasteiger partial charge >= 0.3 is 0 Å². The number of hydrogen-bond acceptors (Lipinski definition) is 3. The summed E-state index contributed by atoms with van der Waals surface area (Å²) >= 11 is 0. The molecule has 1 heterocycles. The van der Waals surface area contributed by atoms with Crippen molar-refractivity contribution in [3.63, 3.8) is 0 Å². The summed E-state index contributed by atoms with van der Waals surface area (Å²) in [5.74, 6) is 0.623. The topological polar surface area (TPSA) is 44.1 Å². The molecule has 2 aromatic rings. The number of carbonyl (C=O) groups excluding carboxylic acids is 1. The second kappa shape index (κ2) is 6.57. The predicted octanol–water partition coefficient (Wildman–Crippen LogP) is 3.60. The molecule has 0 bridgehead atoms. The lowest BCUT2D eigenvalue weighted by atomic mass is 10.0. The van der Waals surface area contributed by atoms with Gasteiger partial charge in [-0.2, -0.15) is 5.10 Å². The molecule has 0 N–H and O–H groups in total. The number of aromatic nitrogens is 2. The molecule has 0 unspecified atom stereocenters. The molecular weight excluding hydrogens is 264 g/mol. The Morgan fingerprint density at radius 2 is 2.14 bits per heavy atom. The largest absolute Gasteiger partial charge is 0.493 e. The van der Waals surface area contributed by atoms with Gasteiger partial charge in [0.15, 0.2) is 11.5 Å². The van der Waals surface area contributed by atoms with Gasteiger partial charge in [-0.05, 0) is 32.8 Å². The summed E-state index contributed by atoms with van der Waals surface area (Å²) in [6.45, 7) is 6.07. The average Bonchev–Trinajstić information content (AvgIpc) is 2.89. The minimum absolute atomic E-state index is 0.0690. The van der Waals surface area contributed by atoms with E-state index in [4.69, 9.17) is 4.74 Å². The molecule has 0 aliphatic rings. The Bertz CT molecular complexity index is 629. The van der Waals surface area contributed by atoms with Gasteiger partial charge in [0.1, 0.15) is 5.69 Å². The molecule has 0 spiro atoms. The van der Waals surface area contributed by atoms with E-state index in [2.05, 4.69) is 30.2 Å². The lowest BCUT2D eigenvalue weighted by Crippen LogP contribution is -2.14. The molecule has 0 amide bonds. The fraction of sp³-hybridized carbons (Fsp3) is 0.412. The predicted molar refractivity (Wildman–Crippen MR) is 83.0 cm³/mol. The molecule has 0 saturated carbocycles. The van der Waals surface area contributed by atoms with Gasteiger partial charge in [-0.25, -0.2) is 0 Å². The summed E-state index contributed by atoms with van der Waals surface area (Å²) in [7, 11) is 1.57. The number of methoxy groups -OCH3 is 1. The average molecular weight is 286 g/mol. The van der Waals surface area contributed by atoms with Crippen molar-refractivity contribution in [1.29, 1.82) is 0 Å². The number of ether oxygens (including phenoxy) is 1. The van der Waals surface area contributed by atoms with Crippen LogP contribution in [0.5, 0.6) is 5.75 Å². The van der Waals surface area contributed by atoms with Gasteiger partial charge in [0, 0.05) is 12.5 Å². The van der Waals surface area contributed by atoms with Gasteiger partial charge in [0.2, 0.25) is 0 Å². The van der Waals surface area contributed by atoms with Gasteiger partial charge in [-0.15, -0.1) is 0 Å². The molecule has 1 aromatic heterocycles. The number of Topliss-reactive ketones (excluding diaryl/α,β-unsaturated/α-hetero) is 1. The van der Waals surface area contributed by atoms with Crippen LogP contribution in [0.25, 0.3) is 0 Å². The number of aryl methyl sites for hydroxylation is 2. The van der Waals surface area contributed by atoms with Crippen molar-refractivity contribution >= 4 is 5.78 Å². The van der Waals surface area contributed by atoms with Gasteiger partial charge in [0.05, 0.1) is 13.3 Å². The SMILES string of the molecule is COc1cnn(C(C)C)c1C(=O)CCc1cccc(C)c1. The summed E-state index contributed by atoms with van der Waals surface area (Å²) in [5.41, 5.74) is 2.96. The van der Waals surface area contributed by atoms with Crippen LogP contribution in [0.2, 0.25) is 0 Å². The summed E-state index contributed by atoms with van der Waals surface area (Å²) in [6.07, 6.45) is 2.80. The van der Waals surface area contributed by atoms with Crippen LogP contribution in [-0.4, -0.2) is 22.7 Å². The minimum atomic E-state index is 0.0690. The van der Waals surface area contributed by atoms with Gasteiger partial charge in [-0.1, -0.05) is 29.8 Å². The van der Waals surface area contributed by atoms with Crippen LogP contribution in [0.15, 0.2) is 30.5 Å². The first kappa shape index (κ1) is 15.3.